The van der Waals surface area contributed by atoms with Crippen molar-refractivity contribution in [1.29, 1.82) is 0 Å². The maximum Gasteiger partial charge on any atom is 0.307 e. The van der Waals surface area contributed by atoms with Crippen LogP contribution in [0.2, 0.25) is 0 Å². The molecule has 0 spiro atoms. The summed E-state index contributed by atoms with van der Waals surface area (Å²) in [5.41, 5.74) is 1.03. The average Bonchev–Trinajstić information content (AvgIpc) is 2.81. The molecule has 1 aliphatic heterocycles. The Kier molecular flexibility index (Phi) is 11.5. The van der Waals surface area contributed by atoms with E-state index in [1.807, 2.05) is 25.7 Å². The van der Waals surface area contributed by atoms with Crippen LogP contribution in [0.1, 0.15) is 63.2 Å². The summed E-state index contributed by atoms with van der Waals surface area (Å²) in [7, 11) is 0. The average molecular weight is 475 g/mol. The predicted octanol–water partition coefficient (Wildman–Crippen LogP) is 2.42. The number of anilines is 1. The van der Waals surface area contributed by atoms with Crippen molar-refractivity contribution in [2.45, 2.75) is 58.9 Å². The molecular weight excluding hydrogens is 436 g/mol. The Hall–Kier alpha value is -2.94. The van der Waals surface area contributed by atoms with Gasteiger partial charge in [-0.2, -0.15) is 0 Å². The molecule has 2 N–H and O–H groups in total. The van der Waals surface area contributed by atoms with Gasteiger partial charge < -0.3 is 20.3 Å². The van der Waals surface area contributed by atoms with E-state index < -0.39 is 12.0 Å². The van der Waals surface area contributed by atoms with Crippen LogP contribution in [0.4, 0.5) is 5.69 Å². The molecular formula is C25H38N4O5. The van der Waals surface area contributed by atoms with Gasteiger partial charge in [-0.25, -0.2) is 0 Å². The topological polar surface area (TPSA) is 108 Å². The smallest absolute Gasteiger partial charge is 0.307 e. The normalized spacial score (nSPS) is 16.0. The first-order chi connectivity index (χ1) is 16.4. The first kappa shape index (κ1) is 27.3. The molecule has 0 aromatic heterocycles. The summed E-state index contributed by atoms with van der Waals surface area (Å²) in [5, 5.41) is 5.57. The number of hydrogen-bond donors (Lipinski definition) is 2. The predicted molar refractivity (Wildman–Crippen MR) is 130 cm³/mol. The Morgan fingerprint density at radius 3 is 2.56 bits per heavy atom. The van der Waals surface area contributed by atoms with Gasteiger partial charge in [-0.15, -0.1) is 0 Å². The zero-order valence-corrected chi connectivity index (χ0v) is 20.6. The summed E-state index contributed by atoms with van der Waals surface area (Å²) in [5.74, 6) is -1.11. The van der Waals surface area contributed by atoms with E-state index in [0.29, 0.717) is 44.0 Å². The molecule has 2 rings (SSSR count). The third-order valence-electron chi connectivity index (χ3n) is 5.58. The van der Waals surface area contributed by atoms with Crippen molar-refractivity contribution in [3.8, 4) is 0 Å². The summed E-state index contributed by atoms with van der Waals surface area (Å²) in [6, 6.07) is 6.13. The molecule has 188 valence electrons. The number of hydrogen-bond acceptors (Lipinski definition) is 6. The fraction of sp³-hybridized carbons (Fsp3) is 0.600. The van der Waals surface area contributed by atoms with Gasteiger partial charge in [0.05, 0.1) is 19.6 Å². The minimum atomic E-state index is -0.752. The quantitative estimate of drug-likeness (QED) is 0.336. The summed E-state index contributed by atoms with van der Waals surface area (Å²) >= 11 is 0. The second-order valence-corrected chi connectivity index (χ2v) is 8.48. The van der Waals surface area contributed by atoms with E-state index in [2.05, 4.69) is 10.6 Å². The van der Waals surface area contributed by atoms with E-state index in [-0.39, 0.29) is 30.7 Å². The number of nitrogens with one attached hydrogen (secondary N) is 2. The van der Waals surface area contributed by atoms with Crippen molar-refractivity contribution in [3.05, 3.63) is 29.8 Å². The highest BCUT2D eigenvalue weighted by Crippen LogP contribution is 2.15. The number of esters is 1. The number of rotatable bonds is 13. The van der Waals surface area contributed by atoms with E-state index in [1.165, 1.54) is 0 Å². The molecule has 34 heavy (non-hydrogen) atoms. The van der Waals surface area contributed by atoms with E-state index in [4.69, 9.17) is 4.74 Å². The van der Waals surface area contributed by atoms with E-state index in [0.717, 1.165) is 25.7 Å². The van der Waals surface area contributed by atoms with E-state index >= 15 is 0 Å². The van der Waals surface area contributed by atoms with Crippen molar-refractivity contribution < 1.29 is 23.9 Å². The Balaban J connectivity index is 2.00. The fourth-order valence-corrected chi connectivity index (χ4v) is 3.87. The van der Waals surface area contributed by atoms with Gasteiger partial charge in [-0.3, -0.25) is 24.1 Å². The summed E-state index contributed by atoms with van der Waals surface area (Å²) in [6.07, 6.45) is 3.33. The molecule has 0 saturated carbocycles. The first-order valence-electron chi connectivity index (χ1n) is 12.3. The van der Waals surface area contributed by atoms with Gasteiger partial charge in [-0.05, 0) is 37.5 Å². The highest BCUT2D eigenvalue weighted by molar-refractivity contribution is 5.98. The molecule has 1 aliphatic rings. The first-order valence-corrected chi connectivity index (χ1v) is 12.3. The molecule has 1 aromatic carbocycles. The summed E-state index contributed by atoms with van der Waals surface area (Å²) in [4.78, 5) is 53.6. The third kappa shape index (κ3) is 8.44. The lowest BCUT2D eigenvalue weighted by atomic mass is 10.1. The zero-order chi connectivity index (χ0) is 24.9. The minimum Gasteiger partial charge on any atom is -0.466 e. The van der Waals surface area contributed by atoms with Crippen LogP contribution in [-0.2, 0) is 19.1 Å². The second-order valence-electron chi connectivity index (χ2n) is 8.48. The highest BCUT2D eigenvalue weighted by Gasteiger charge is 2.33. The summed E-state index contributed by atoms with van der Waals surface area (Å²) < 4.78 is 5.19. The van der Waals surface area contributed by atoms with Crippen molar-refractivity contribution in [3.63, 3.8) is 0 Å². The molecule has 1 aromatic rings. The van der Waals surface area contributed by atoms with Gasteiger partial charge in [0.2, 0.25) is 11.8 Å². The lowest BCUT2D eigenvalue weighted by Crippen LogP contribution is -2.57. The van der Waals surface area contributed by atoms with Gasteiger partial charge in [0, 0.05) is 37.4 Å². The highest BCUT2D eigenvalue weighted by atomic mass is 16.5. The van der Waals surface area contributed by atoms with Crippen LogP contribution in [0.3, 0.4) is 0 Å². The fourth-order valence-electron chi connectivity index (χ4n) is 3.87. The van der Waals surface area contributed by atoms with E-state index in [9.17, 15) is 19.2 Å². The number of amides is 3. The number of piperazine rings is 1. The van der Waals surface area contributed by atoms with Crippen molar-refractivity contribution in [1.82, 2.24) is 15.1 Å². The van der Waals surface area contributed by atoms with Crippen LogP contribution in [0.25, 0.3) is 0 Å². The van der Waals surface area contributed by atoms with Gasteiger partial charge in [0.1, 0.15) is 6.04 Å². The molecule has 3 amide bonds. The number of ether oxygens (including phenoxy) is 1. The number of carbonyl (C=O) groups excluding carboxylic acids is 4. The van der Waals surface area contributed by atoms with Gasteiger partial charge in [0.15, 0.2) is 0 Å². The molecule has 9 heteroatoms. The standard InChI is InChI=1S/C25H38N4O5/c1-4-7-15-34-23(31)17-21-24(32)26-11-14-29(21)18-22(30)27-20-10-8-9-19(16-20)25(33)28(12-5-2)13-6-3/h8-10,16,21H,4-7,11-15,17-18H2,1-3H3,(H,26,32)(H,27,30). The zero-order valence-electron chi connectivity index (χ0n) is 20.6. The molecule has 1 saturated heterocycles. The molecule has 0 aliphatic carbocycles. The van der Waals surface area contributed by atoms with Crippen LogP contribution in [0.5, 0.6) is 0 Å². The summed E-state index contributed by atoms with van der Waals surface area (Å²) in [6.45, 7) is 8.57. The van der Waals surface area contributed by atoms with Crippen LogP contribution >= 0.6 is 0 Å². The number of benzene rings is 1. The number of nitrogens with zero attached hydrogens (tertiary/aromatic N) is 2. The molecule has 1 heterocycles. The monoisotopic (exact) mass is 474 g/mol. The maximum atomic E-state index is 12.9. The van der Waals surface area contributed by atoms with Crippen LogP contribution < -0.4 is 10.6 Å². The number of carbonyl (C=O) groups is 4. The SMILES string of the molecule is CCCCOC(=O)CC1C(=O)NCCN1CC(=O)Nc1cccc(C(=O)N(CCC)CCC)c1. The van der Waals surface area contributed by atoms with Gasteiger partial charge in [-0.1, -0.05) is 33.3 Å². The van der Waals surface area contributed by atoms with Gasteiger partial charge >= 0.3 is 5.97 Å². The van der Waals surface area contributed by atoms with Crippen molar-refractivity contribution in [2.75, 3.05) is 44.6 Å². The van der Waals surface area contributed by atoms with Crippen LogP contribution in [-0.4, -0.2) is 78.9 Å². The number of unbranched alkanes of at least 4 members (excludes halogenated alkanes) is 1. The Bertz CT molecular complexity index is 838. The molecule has 0 radical (unpaired) electrons. The molecule has 1 unspecified atom stereocenters. The Morgan fingerprint density at radius 2 is 1.88 bits per heavy atom. The Labute approximate surface area is 202 Å². The molecule has 9 nitrogen and oxygen atoms in total. The maximum absolute atomic E-state index is 12.9. The third-order valence-corrected chi connectivity index (χ3v) is 5.58. The van der Waals surface area contributed by atoms with Crippen LogP contribution in [0, 0.1) is 0 Å². The minimum absolute atomic E-state index is 0.0453. The Morgan fingerprint density at radius 1 is 1.15 bits per heavy atom. The molecule has 1 atom stereocenters. The van der Waals surface area contributed by atoms with Gasteiger partial charge in [0.25, 0.3) is 5.91 Å². The van der Waals surface area contributed by atoms with Crippen molar-refractivity contribution >= 4 is 29.4 Å². The van der Waals surface area contributed by atoms with E-state index in [1.54, 1.807) is 29.2 Å². The van der Waals surface area contributed by atoms with Crippen molar-refractivity contribution in [2.24, 2.45) is 0 Å². The van der Waals surface area contributed by atoms with Crippen LogP contribution in [0.15, 0.2) is 24.3 Å². The largest absolute Gasteiger partial charge is 0.466 e. The lowest BCUT2D eigenvalue weighted by Gasteiger charge is -2.33. The molecule has 0 bridgehead atoms. The second kappa shape index (κ2) is 14.3. The lowest BCUT2D eigenvalue weighted by molar-refractivity contribution is -0.149. The molecule has 1 fully saturated rings.